The molecule has 1 aliphatic rings. The molecule has 1 heterocycles. The molecule has 15 heavy (non-hydrogen) atoms. The molecule has 0 fully saturated rings. The molecule has 0 bridgehead atoms. The van der Waals surface area contributed by atoms with Gasteiger partial charge in [0.1, 0.15) is 0 Å². The standard InChI is InChI=1S/C11H7ClO3/c1-6-9(11(14)15-10(6)13)7-2-4-8(12)5-3-7/h2-5H,1H3. The molecule has 1 aromatic carbocycles. The maximum Gasteiger partial charge on any atom is 0.347 e. The fourth-order valence-electron chi connectivity index (χ4n) is 1.42. The number of carbonyl (C=O) groups is 2. The van der Waals surface area contributed by atoms with E-state index in [0.29, 0.717) is 21.7 Å². The van der Waals surface area contributed by atoms with Crippen molar-refractivity contribution in [2.45, 2.75) is 6.92 Å². The molecule has 3 nitrogen and oxygen atoms in total. The third kappa shape index (κ3) is 1.66. The van der Waals surface area contributed by atoms with Crippen LogP contribution in [-0.2, 0) is 14.3 Å². The maximum absolute atomic E-state index is 11.3. The Morgan fingerprint density at radius 3 is 2.13 bits per heavy atom. The average Bonchev–Trinajstić information content (AvgIpc) is 2.44. The van der Waals surface area contributed by atoms with E-state index in [1.807, 2.05) is 0 Å². The van der Waals surface area contributed by atoms with Gasteiger partial charge in [-0.15, -0.1) is 0 Å². The molecule has 4 heteroatoms. The Hall–Kier alpha value is -1.61. The molecule has 2 rings (SSSR count). The van der Waals surface area contributed by atoms with Gasteiger partial charge in [0, 0.05) is 10.6 Å². The van der Waals surface area contributed by atoms with Crippen LogP contribution in [0.1, 0.15) is 12.5 Å². The summed E-state index contributed by atoms with van der Waals surface area (Å²) in [5.74, 6) is -1.18. The Kier molecular flexibility index (Phi) is 2.32. The number of hydrogen-bond donors (Lipinski definition) is 0. The molecule has 0 unspecified atom stereocenters. The lowest BCUT2D eigenvalue weighted by Gasteiger charge is -1.99. The highest BCUT2D eigenvalue weighted by Gasteiger charge is 2.30. The van der Waals surface area contributed by atoms with Crippen LogP contribution in [0, 0.1) is 0 Å². The second-order valence-corrected chi connectivity index (χ2v) is 3.62. The Bertz CT molecular complexity index is 471. The zero-order chi connectivity index (χ0) is 11.0. The summed E-state index contributed by atoms with van der Waals surface area (Å²) in [7, 11) is 0. The van der Waals surface area contributed by atoms with E-state index in [1.54, 1.807) is 31.2 Å². The number of esters is 2. The van der Waals surface area contributed by atoms with Gasteiger partial charge in [-0.2, -0.15) is 0 Å². The number of rotatable bonds is 1. The Morgan fingerprint density at radius 2 is 1.67 bits per heavy atom. The first-order valence-electron chi connectivity index (χ1n) is 4.33. The minimum atomic E-state index is -0.597. The Balaban J connectivity index is 2.51. The number of benzene rings is 1. The van der Waals surface area contributed by atoms with Gasteiger partial charge in [-0.05, 0) is 24.6 Å². The number of carbonyl (C=O) groups excluding carboxylic acids is 2. The van der Waals surface area contributed by atoms with Crippen molar-refractivity contribution in [2.24, 2.45) is 0 Å². The van der Waals surface area contributed by atoms with E-state index in [2.05, 4.69) is 4.74 Å². The number of hydrogen-bond acceptors (Lipinski definition) is 3. The fraction of sp³-hybridized carbons (Fsp3) is 0.0909. The lowest BCUT2D eigenvalue weighted by atomic mass is 10.0. The van der Waals surface area contributed by atoms with Crippen molar-refractivity contribution in [2.75, 3.05) is 0 Å². The summed E-state index contributed by atoms with van der Waals surface area (Å²) in [5, 5.41) is 0.578. The van der Waals surface area contributed by atoms with Crippen LogP contribution in [0.4, 0.5) is 0 Å². The smallest absolute Gasteiger partial charge is 0.347 e. The molecule has 0 radical (unpaired) electrons. The average molecular weight is 223 g/mol. The lowest BCUT2D eigenvalue weighted by Crippen LogP contribution is -2.01. The molecule has 0 N–H and O–H groups in total. The zero-order valence-electron chi connectivity index (χ0n) is 7.91. The van der Waals surface area contributed by atoms with Gasteiger partial charge >= 0.3 is 11.9 Å². The summed E-state index contributed by atoms with van der Waals surface area (Å²) < 4.78 is 4.49. The van der Waals surface area contributed by atoms with Crippen LogP contribution in [0.5, 0.6) is 0 Å². The lowest BCUT2D eigenvalue weighted by molar-refractivity contribution is -0.150. The van der Waals surface area contributed by atoms with Crippen molar-refractivity contribution < 1.29 is 14.3 Å². The molecule has 0 spiro atoms. The van der Waals surface area contributed by atoms with Gasteiger partial charge in [0.15, 0.2) is 0 Å². The zero-order valence-corrected chi connectivity index (χ0v) is 8.67. The second kappa shape index (κ2) is 3.51. The van der Waals surface area contributed by atoms with Crippen LogP contribution >= 0.6 is 11.6 Å². The van der Waals surface area contributed by atoms with Crippen molar-refractivity contribution in [3.05, 3.63) is 40.4 Å². The summed E-state index contributed by atoms with van der Waals surface area (Å²) in [6.45, 7) is 1.57. The summed E-state index contributed by atoms with van der Waals surface area (Å²) in [4.78, 5) is 22.5. The van der Waals surface area contributed by atoms with Gasteiger partial charge < -0.3 is 4.74 Å². The van der Waals surface area contributed by atoms with Gasteiger partial charge in [-0.25, -0.2) is 9.59 Å². The van der Waals surface area contributed by atoms with Crippen LogP contribution in [0.2, 0.25) is 5.02 Å². The summed E-state index contributed by atoms with van der Waals surface area (Å²) in [6, 6.07) is 6.68. The number of cyclic esters (lactones) is 2. The van der Waals surface area contributed by atoms with Crippen molar-refractivity contribution >= 4 is 29.1 Å². The first-order chi connectivity index (χ1) is 7.09. The van der Waals surface area contributed by atoms with E-state index in [1.165, 1.54) is 0 Å². The molecule has 0 saturated carbocycles. The van der Waals surface area contributed by atoms with E-state index < -0.39 is 11.9 Å². The second-order valence-electron chi connectivity index (χ2n) is 3.18. The van der Waals surface area contributed by atoms with Crippen molar-refractivity contribution in [1.82, 2.24) is 0 Å². The largest absolute Gasteiger partial charge is 0.386 e. The van der Waals surface area contributed by atoms with Crippen LogP contribution < -0.4 is 0 Å². The Morgan fingerprint density at radius 1 is 1.07 bits per heavy atom. The van der Waals surface area contributed by atoms with Gasteiger partial charge in [-0.3, -0.25) is 0 Å². The normalized spacial score (nSPS) is 15.9. The maximum atomic E-state index is 11.3. The van der Waals surface area contributed by atoms with Gasteiger partial charge in [0.2, 0.25) is 0 Å². The molecule has 0 aromatic heterocycles. The molecular weight excluding hydrogens is 216 g/mol. The highest BCUT2D eigenvalue weighted by molar-refractivity contribution is 6.32. The van der Waals surface area contributed by atoms with Crippen LogP contribution in [0.3, 0.4) is 0 Å². The van der Waals surface area contributed by atoms with E-state index in [4.69, 9.17) is 11.6 Å². The van der Waals surface area contributed by atoms with Crippen molar-refractivity contribution in [1.29, 1.82) is 0 Å². The fourth-order valence-corrected chi connectivity index (χ4v) is 1.54. The minimum Gasteiger partial charge on any atom is -0.386 e. The highest BCUT2D eigenvalue weighted by Crippen LogP contribution is 2.27. The van der Waals surface area contributed by atoms with E-state index in [-0.39, 0.29) is 0 Å². The van der Waals surface area contributed by atoms with Gasteiger partial charge in [0.05, 0.1) is 5.57 Å². The third-order valence-corrected chi connectivity index (χ3v) is 2.46. The van der Waals surface area contributed by atoms with Gasteiger partial charge in [-0.1, -0.05) is 23.7 Å². The molecule has 0 saturated heterocycles. The van der Waals surface area contributed by atoms with E-state index in [9.17, 15) is 9.59 Å². The highest BCUT2D eigenvalue weighted by atomic mass is 35.5. The molecular formula is C11H7ClO3. The van der Waals surface area contributed by atoms with Crippen molar-refractivity contribution in [3.63, 3.8) is 0 Å². The summed E-state index contributed by atoms with van der Waals surface area (Å²) in [6.07, 6.45) is 0. The van der Waals surface area contributed by atoms with Crippen molar-refractivity contribution in [3.8, 4) is 0 Å². The minimum absolute atomic E-state index is 0.316. The Labute approximate surface area is 91.3 Å². The molecule has 76 valence electrons. The molecule has 1 aromatic rings. The molecule has 0 aliphatic carbocycles. The van der Waals surface area contributed by atoms with Gasteiger partial charge in [0.25, 0.3) is 0 Å². The number of ether oxygens (including phenoxy) is 1. The van der Waals surface area contributed by atoms with Crippen LogP contribution in [-0.4, -0.2) is 11.9 Å². The quantitative estimate of drug-likeness (QED) is 0.541. The topological polar surface area (TPSA) is 43.4 Å². The summed E-state index contributed by atoms with van der Waals surface area (Å²) >= 11 is 5.72. The van der Waals surface area contributed by atoms with E-state index in [0.717, 1.165) is 0 Å². The predicted molar refractivity (Wildman–Crippen MR) is 55.1 cm³/mol. The van der Waals surface area contributed by atoms with Crippen LogP contribution in [0.15, 0.2) is 29.8 Å². The predicted octanol–water partition coefficient (Wildman–Crippen LogP) is 2.20. The molecule has 1 aliphatic heterocycles. The first-order valence-corrected chi connectivity index (χ1v) is 4.70. The number of halogens is 1. The van der Waals surface area contributed by atoms with Crippen LogP contribution in [0.25, 0.3) is 5.57 Å². The summed E-state index contributed by atoms with van der Waals surface area (Å²) in [5.41, 5.74) is 1.30. The first kappa shape index (κ1) is 9.93. The molecule has 0 atom stereocenters. The molecule has 0 amide bonds. The third-order valence-electron chi connectivity index (χ3n) is 2.20. The van der Waals surface area contributed by atoms with E-state index >= 15 is 0 Å². The SMILES string of the molecule is CC1=C(c2ccc(Cl)cc2)C(=O)OC1=O. The monoisotopic (exact) mass is 222 g/mol.